The maximum Gasteiger partial charge on any atom is 0.389 e. The van der Waals surface area contributed by atoms with Crippen LogP contribution in [0.2, 0.25) is 0 Å². The zero-order chi connectivity index (χ0) is 12.2. The molecule has 16 heavy (non-hydrogen) atoms. The van der Waals surface area contributed by atoms with Crippen LogP contribution in [0.5, 0.6) is 0 Å². The first-order chi connectivity index (χ1) is 7.42. The van der Waals surface area contributed by atoms with E-state index in [9.17, 15) is 18.3 Å². The van der Waals surface area contributed by atoms with E-state index in [2.05, 4.69) is 0 Å². The topological polar surface area (TPSA) is 33.4 Å². The van der Waals surface area contributed by atoms with Crippen LogP contribution in [0.4, 0.5) is 13.2 Å². The summed E-state index contributed by atoms with van der Waals surface area (Å²) in [6.07, 6.45) is -5.29. The summed E-state index contributed by atoms with van der Waals surface area (Å²) in [6, 6.07) is 3.33. The van der Waals surface area contributed by atoms with E-state index in [4.69, 9.17) is 4.42 Å². The molecule has 5 heteroatoms. The average molecular weight is 236 g/mol. The van der Waals surface area contributed by atoms with Crippen LogP contribution in [0.25, 0.3) is 0 Å². The number of aliphatic hydroxyl groups is 1. The Morgan fingerprint density at radius 1 is 1.38 bits per heavy atom. The zero-order valence-corrected chi connectivity index (χ0v) is 9.05. The lowest BCUT2D eigenvalue weighted by Crippen LogP contribution is -2.07. The lowest BCUT2D eigenvalue weighted by Gasteiger charge is -2.09. The van der Waals surface area contributed by atoms with Crippen molar-refractivity contribution in [1.29, 1.82) is 0 Å². The lowest BCUT2D eigenvalue weighted by atomic mass is 10.1. The van der Waals surface area contributed by atoms with Gasteiger partial charge < -0.3 is 9.52 Å². The largest absolute Gasteiger partial charge is 0.463 e. The fraction of sp³-hybridized carbons (Fsp3) is 0.636. The Hall–Kier alpha value is -0.970. The second-order valence-electron chi connectivity index (χ2n) is 3.68. The second-order valence-corrected chi connectivity index (χ2v) is 3.68. The average Bonchev–Trinajstić information content (AvgIpc) is 2.63. The fourth-order valence-electron chi connectivity index (χ4n) is 1.40. The van der Waals surface area contributed by atoms with Crippen LogP contribution in [0.3, 0.4) is 0 Å². The summed E-state index contributed by atoms with van der Waals surface area (Å²) < 4.78 is 40.8. The van der Waals surface area contributed by atoms with E-state index in [0.717, 1.165) is 5.76 Å². The van der Waals surface area contributed by atoms with Crippen molar-refractivity contribution in [3.8, 4) is 0 Å². The molecule has 0 aromatic carbocycles. The first kappa shape index (κ1) is 13.1. The van der Waals surface area contributed by atoms with Crippen LogP contribution in [0.15, 0.2) is 16.5 Å². The summed E-state index contributed by atoms with van der Waals surface area (Å²) in [7, 11) is 0. The Kier molecular flexibility index (Phi) is 4.41. The molecule has 1 atom stereocenters. The molecule has 1 aromatic rings. The van der Waals surface area contributed by atoms with E-state index in [1.165, 1.54) is 0 Å². The lowest BCUT2D eigenvalue weighted by molar-refractivity contribution is -0.136. The summed E-state index contributed by atoms with van der Waals surface area (Å²) in [5, 5.41) is 9.57. The molecule has 1 heterocycles. The molecule has 0 fully saturated rings. The van der Waals surface area contributed by atoms with Crippen molar-refractivity contribution >= 4 is 0 Å². The van der Waals surface area contributed by atoms with Crippen LogP contribution < -0.4 is 0 Å². The molecule has 1 N–H and O–H groups in total. The number of hydrogen-bond acceptors (Lipinski definition) is 2. The van der Waals surface area contributed by atoms with Crippen molar-refractivity contribution in [2.24, 2.45) is 0 Å². The van der Waals surface area contributed by atoms with Crippen LogP contribution >= 0.6 is 0 Å². The van der Waals surface area contributed by atoms with E-state index < -0.39 is 18.7 Å². The van der Waals surface area contributed by atoms with Gasteiger partial charge in [-0.15, -0.1) is 0 Å². The smallest absolute Gasteiger partial charge is 0.389 e. The van der Waals surface area contributed by atoms with Crippen LogP contribution in [-0.4, -0.2) is 11.3 Å². The monoisotopic (exact) mass is 236 g/mol. The predicted octanol–water partition coefficient (Wildman–Crippen LogP) is 3.61. The van der Waals surface area contributed by atoms with Gasteiger partial charge in [0.25, 0.3) is 0 Å². The molecule has 1 unspecified atom stereocenters. The fourth-order valence-corrected chi connectivity index (χ4v) is 1.40. The minimum Gasteiger partial charge on any atom is -0.463 e. The van der Waals surface area contributed by atoms with Crippen molar-refractivity contribution < 1.29 is 22.7 Å². The standard InChI is InChI=1S/C11H15F3O2/c1-2-8-5-6-10(16-8)9(15)4-3-7-11(12,13)14/h5-6,9,15H,2-4,7H2,1H3. The number of rotatable bonds is 5. The van der Waals surface area contributed by atoms with Crippen LogP contribution in [0, 0.1) is 0 Å². The highest BCUT2D eigenvalue weighted by Crippen LogP contribution is 2.27. The van der Waals surface area contributed by atoms with Crippen molar-refractivity contribution in [1.82, 2.24) is 0 Å². The highest BCUT2D eigenvalue weighted by Gasteiger charge is 2.27. The van der Waals surface area contributed by atoms with Gasteiger partial charge in [0.1, 0.15) is 17.6 Å². The van der Waals surface area contributed by atoms with Gasteiger partial charge in [0, 0.05) is 12.8 Å². The highest BCUT2D eigenvalue weighted by atomic mass is 19.4. The van der Waals surface area contributed by atoms with Gasteiger partial charge in [-0.1, -0.05) is 6.92 Å². The van der Waals surface area contributed by atoms with Gasteiger partial charge in [-0.3, -0.25) is 0 Å². The molecule has 0 amide bonds. The van der Waals surface area contributed by atoms with Gasteiger partial charge in [-0.25, -0.2) is 0 Å². The van der Waals surface area contributed by atoms with Crippen LogP contribution in [0.1, 0.15) is 43.8 Å². The van der Waals surface area contributed by atoms with Gasteiger partial charge in [0.15, 0.2) is 0 Å². The Bertz CT molecular complexity index is 317. The number of hydrogen-bond donors (Lipinski definition) is 1. The molecular weight excluding hydrogens is 221 g/mol. The Morgan fingerprint density at radius 3 is 2.56 bits per heavy atom. The molecule has 0 saturated heterocycles. The predicted molar refractivity (Wildman–Crippen MR) is 53.0 cm³/mol. The SMILES string of the molecule is CCc1ccc(C(O)CCCC(F)(F)F)o1. The van der Waals surface area contributed by atoms with Gasteiger partial charge in [-0.2, -0.15) is 13.2 Å². The Balaban J connectivity index is 2.37. The van der Waals surface area contributed by atoms with E-state index in [0.29, 0.717) is 12.2 Å². The zero-order valence-electron chi connectivity index (χ0n) is 9.05. The third-order valence-corrected chi connectivity index (χ3v) is 2.30. The van der Waals surface area contributed by atoms with Gasteiger partial charge >= 0.3 is 6.18 Å². The molecule has 1 rings (SSSR count). The number of alkyl halides is 3. The molecule has 0 aliphatic heterocycles. The highest BCUT2D eigenvalue weighted by molar-refractivity contribution is 5.09. The second kappa shape index (κ2) is 5.39. The maximum atomic E-state index is 11.9. The molecule has 0 saturated carbocycles. The normalized spacial score (nSPS) is 14.1. The minimum atomic E-state index is -4.16. The van der Waals surface area contributed by atoms with Crippen molar-refractivity contribution in [2.75, 3.05) is 0 Å². The summed E-state index contributed by atoms with van der Waals surface area (Å²) in [5.74, 6) is 1.07. The summed E-state index contributed by atoms with van der Waals surface area (Å²) in [5.41, 5.74) is 0. The number of furan rings is 1. The summed E-state index contributed by atoms with van der Waals surface area (Å²) in [4.78, 5) is 0. The van der Waals surface area contributed by atoms with Crippen molar-refractivity contribution in [3.63, 3.8) is 0 Å². The molecule has 0 aliphatic carbocycles. The minimum absolute atomic E-state index is 0.0657. The molecule has 0 bridgehead atoms. The number of aliphatic hydroxyl groups excluding tert-OH is 1. The molecule has 1 aromatic heterocycles. The quantitative estimate of drug-likeness (QED) is 0.847. The number of aryl methyl sites for hydroxylation is 1. The third-order valence-electron chi connectivity index (χ3n) is 2.30. The van der Waals surface area contributed by atoms with E-state index in [-0.39, 0.29) is 12.8 Å². The number of halogens is 3. The first-order valence-electron chi connectivity index (χ1n) is 5.26. The van der Waals surface area contributed by atoms with Crippen LogP contribution in [-0.2, 0) is 6.42 Å². The molecular formula is C11H15F3O2. The maximum absolute atomic E-state index is 11.9. The third kappa shape index (κ3) is 4.26. The Labute approximate surface area is 92.1 Å². The Morgan fingerprint density at radius 2 is 2.06 bits per heavy atom. The molecule has 92 valence electrons. The first-order valence-corrected chi connectivity index (χ1v) is 5.26. The molecule has 0 aliphatic rings. The van der Waals surface area contributed by atoms with Crippen molar-refractivity contribution in [2.45, 2.75) is 44.9 Å². The van der Waals surface area contributed by atoms with E-state index >= 15 is 0 Å². The summed E-state index contributed by atoms with van der Waals surface area (Å²) in [6.45, 7) is 1.90. The van der Waals surface area contributed by atoms with Gasteiger partial charge in [0.05, 0.1) is 0 Å². The summed E-state index contributed by atoms with van der Waals surface area (Å²) >= 11 is 0. The van der Waals surface area contributed by atoms with Gasteiger partial charge in [0.2, 0.25) is 0 Å². The molecule has 0 spiro atoms. The van der Waals surface area contributed by atoms with Crippen molar-refractivity contribution in [3.05, 3.63) is 23.7 Å². The molecule has 2 nitrogen and oxygen atoms in total. The molecule has 0 radical (unpaired) electrons. The van der Waals surface area contributed by atoms with E-state index in [1.807, 2.05) is 6.92 Å². The van der Waals surface area contributed by atoms with Gasteiger partial charge in [-0.05, 0) is 25.0 Å². The van der Waals surface area contributed by atoms with E-state index in [1.54, 1.807) is 12.1 Å².